The Hall–Kier alpha value is -2.48. The molecule has 2 aromatic carbocycles. The van der Waals surface area contributed by atoms with E-state index >= 15 is 0 Å². The predicted molar refractivity (Wildman–Crippen MR) is 71.6 cm³/mol. The van der Waals surface area contributed by atoms with Crippen molar-refractivity contribution in [3.05, 3.63) is 53.3 Å². The molecule has 0 radical (unpaired) electrons. The molecular weight excluding hydrogens is 304 g/mol. The Balaban J connectivity index is 2.27. The van der Waals surface area contributed by atoms with Gasteiger partial charge >= 0.3 is 6.36 Å². The molecule has 0 aromatic heterocycles. The van der Waals surface area contributed by atoms with Crippen molar-refractivity contribution in [2.75, 3.05) is 5.73 Å². The van der Waals surface area contributed by atoms with Gasteiger partial charge in [0.1, 0.15) is 23.0 Å². The number of anilines is 1. The summed E-state index contributed by atoms with van der Waals surface area (Å²) in [5, 5.41) is 9.80. The van der Waals surface area contributed by atoms with Gasteiger partial charge in [0, 0.05) is 5.56 Å². The number of benzene rings is 2. The number of nitrogen functional groups attached to an aromatic ring is 1. The molecule has 0 bridgehead atoms. The van der Waals surface area contributed by atoms with Crippen LogP contribution in [0.15, 0.2) is 36.4 Å². The quantitative estimate of drug-likeness (QED) is 0.462. The Bertz CT molecular complexity index is 672. The molecule has 0 saturated heterocycles. The van der Waals surface area contributed by atoms with Gasteiger partial charge in [-0.2, -0.15) is 0 Å². The van der Waals surface area contributed by atoms with E-state index in [4.69, 9.17) is 11.5 Å². The lowest BCUT2D eigenvalue weighted by atomic mass is 9.98. The predicted octanol–water partition coefficient (Wildman–Crippen LogP) is 3.06. The van der Waals surface area contributed by atoms with Crippen molar-refractivity contribution < 1.29 is 27.4 Å². The highest BCUT2D eigenvalue weighted by Gasteiger charge is 2.31. The number of hydrogen-bond acceptors (Lipinski definition) is 4. The Kier molecular flexibility index (Phi) is 4.14. The summed E-state index contributed by atoms with van der Waals surface area (Å²) in [5.41, 5.74) is 11.4. The fourth-order valence-corrected chi connectivity index (χ4v) is 1.91. The molecule has 0 heterocycles. The van der Waals surface area contributed by atoms with E-state index in [1.807, 2.05) is 0 Å². The number of aromatic hydroxyl groups is 1. The van der Waals surface area contributed by atoms with E-state index in [1.165, 1.54) is 18.2 Å². The number of alkyl halides is 3. The van der Waals surface area contributed by atoms with Gasteiger partial charge in [-0.25, -0.2) is 4.39 Å². The number of phenols is 1. The summed E-state index contributed by atoms with van der Waals surface area (Å²) in [6.45, 7) is 0. The smallest absolute Gasteiger partial charge is 0.505 e. The van der Waals surface area contributed by atoms with Crippen LogP contribution < -0.4 is 16.2 Å². The monoisotopic (exact) mass is 316 g/mol. The molecule has 0 spiro atoms. The van der Waals surface area contributed by atoms with Gasteiger partial charge in [0.05, 0.1) is 6.04 Å². The lowest BCUT2D eigenvalue weighted by Crippen LogP contribution is -2.17. The first-order valence-corrected chi connectivity index (χ1v) is 6.07. The Morgan fingerprint density at radius 3 is 2.18 bits per heavy atom. The highest BCUT2D eigenvalue weighted by Crippen LogP contribution is 2.34. The van der Waals surface area contributed by atoms with Gasteiger partial charge in [-0.15, -0.1) is 13.2 Å². The lowest BCUT2D eigenvalue weighted by Gasteiger charge is -2.16. The first kappa shape index (κ1) is 15.9. The minimum absolute atomic E-state index is 0.156. The van der Waals surface area contributed by atoms with Crippen LogP contribution >= 0.6 is 0 Å². The Morgan fingerprint density at radius 1 is 1.05 bits per heavy atom. The average Bonchev–Trinajstić information content (AvgIpc) is 2.43. The van der Waals surface area contributed by atoms with Crippen LogP contribution in [0.3, 0.4) is 0 Å². The normalized spacial score (nSPS) is 13.0. The summed E-state index contributed by atoms with van der Waals surface area (Å²) in [4.78, 5) is 0. The number of phenolic OH excluding ortho intramolecular Hbond substituents is 1. The summed E-state index contributed by atoms with van der Waals surface area (Å²) in [6.07, 6.45) is -4.78. The van der Waals surface area contributed by atoms with Crippen molar-refractivity contribution in [3.8, 4) is 11.5 Å². The third-order valence-electron chi connectivity index (χ3n) is 3.00. The molecule has 5 N–H and O–H groups in total. The van der Waals surface area contributed by atoms with Crippen LogP contribution in [-0.4, -0.2) is 11.5 Å². The fourth-order valence-electron chi connectivity index (χ4n) is 1.91. The van der Waals surface area contributed by atoms with Crippen molar-refractivity contribution in [1.29, 1.82) is 0 Å². The SMILES string of the molecule is Nc1c(F)ccc([C@@H](N)c2ccc(OC(F)(F)F)cc2)c1O. The highest BCUT2D eigenvalue weighted by molar-refractivity contribution is 5.59. The molecule has 22 heavy (non-hydrogen) atoms. The summed E-state index contributed by atoms with van der Waals surface area (Å²) in [6, 6.07) is 6.22. The zero-order chi connectivity index (χ0) is 16.5. The molecule has 2 aromatic rings. The zero-order valence-electron chi connectivity index (χ0n) is 11.1. The minimum atomic E-state index is -4.78. The van der Waals surface area contributed by atoms with E-state index in [0.717, 1.165) is 18.2 Å². The zero-order valence-corrected chi connectivity index (χ0v) is 11.1. The number of halogens is 4. The second kappa shape index (κ2) is 5.72. The minimum Gasteiger partial charge on any atom is -0.505 e. The molecule has 0 aliphatic heterocycles. The molecule has 0 saturated carbocycles. The van der Waals surface area contributed by atoms with E-state index in [-0.39, 0.29) is 5.56 Å². The fraction of sp³-hybridized carbons (Fsp3) is 0.143. The lowest BCUT2D eigenvalue weighted by molar-refractivity contribution is -0.274. The number of ether oxygens (including phenoxy) is 1. The van der Waals surface area contributed by atoms with Crippen LogP contribution in [0.2, 0.25) is 0 Å². The summed E-state index contributed by atoms with van der Waals surface area (Å²) in [5.74, 6) is -1.68. The molecule has 8 heteroatoms. The van der Waals surface area contributed by atoms with Gasteiger partial charge in [-0.05, 0) is 23.8 Å². The van der Waals surface area contributed by atoms with Gasteiger partial charge in [0.2, 0.25) is 0 Å². The molecule has 0 aliphatic carbocycles. The van der Waals surface area contributed by atoms with Crippen LogP contribution in [0.25, 0.3) is 0 Å². The molecule has 0 aliphatic rings. The third-order valence-corrected chi connectivity index (χ3v) is 3.00. The Morgan fingerprint density at radius 2 is 1.64 bits per heavy atom. The standard InChI is InChI=1S/C14H12F4N2O2/c15-10-6-5-9(13(21)12(10)20)11(19)7-1-3-8(4-2-7)22-14(16,17)18/h1-6,11,21H,19-20H2/t11-/m0/s1. The summed E-state index contributed by atoms with van der Waals surface area (Å²) >= 11 is 0. The van der Waals surface area contributed by atoms with Crippen LogP contribution in [0, 0.1) is 5.82 Å². The second-order valence-corrected chi connectivity index (χ2v) is 4.49. The van der Waals surface area contributed by atoms with E-state index in [9.17, 15) is 22.7 Å². The van der Waals surface area contributed by atoms with E-state index in [0.29, 0.717) is 5.56 Å². The maximum absolute atomic E-state index is 13.2. The van der Waals surface area contributed by atoms with Crippen molar-refractivity contribution in [3.63, 3.8) is 0 Å². The number of nitrogens with two attached hydrogens (primary N) is 2. The van der Waals surface area contributed by atoms with Crippen LogP contribution in [0.5, 0.6) is 11.5 Å². The molecule has 118 valence electrons. The van der Waals surface area contributed by atoms with Crippen molar-refractivity contribution >= 4 is 5.69 Å². The van der Waals surface area contributed by atoms with E-state index in [2.05, 4.69) is 4.74 Å². The van der Waals surface area contributed by atoms with E-state index in [1.54, 1.807) is 0 Å². The molecule has 0 amide bonds. The van der Waals surface area contributed by atoms with E-state index < -0.39 is 35.4 Å². The van der Waals surface area contributed by atoms with Crippen LogP contribution in [-0.2, 0) is 0 Å². The molecule has 2 rings (SSSR count). The van der Waals surface area contributed by atoms with Crippen molar-refractivity contribution in [2.24, 2.45) is 5.73 Å². The molecule has 4 nitrogen and oxygen atoms in total. The largest absolute Gasteiger partial charge is 0.573 e. The second-order valence-electron chi connectivity index (χ2n) is 4.49. The molecule has 0 fully saturated rings. The average molecular weight is 316 g/mol. The van der Waals surface area contributed by atoms with Gasteiger partial charge in [-0.1, -0.05) is 18.2 Å². The first-order chi connectivity index (χ1) is 10.2. The number of rotatable bonds is 3. The van der Waals surface area contributed by atoms with Gasteiger partial charge in [0.15, 0.2) is 0 Å². The summed E-state index contributed by atoms with van der Waals surface area (Å²) < 4.78 is 53.1. The van der Waals surface area contributed by atoms with Gasteiger partial charge in [0.25, 0.3) is 0 Å². The Labute approximate surface area is 122 Å². The maximum atomic E-state index is 13.2. The first-order valence-electron chi connectivity index (χ1n) is 6.07. The van der Waals surface area contributed by atoms with Crippen LogP contribution in [0.4, 0.5) is 23.2 Å². The van der Waals surface area contributed by atoms with Crippen LogP contribution in [0.1, 0.15) is 17.2 Å². The molecular formula is C14H12F4N2O2. The van der Waals surface area contributed by atoms with Crippen molar-refractivity contribution in [1.82, 2.24) is 0 Å². The highest BCUT2D eigenvalue weighted by atomic mass is 19.4. The van der Waals surface area contributed by atoms with Crippen molar-refractivity contribution in [2.45, 2.75) is 12.4 Å². The third kappa shape index (κ3) is 3.40. The molecule has 1 atom stereocenters. The summed E-state index contributed by atoms with van der Waals surface area (Å²) in [7, 11) is 0. The topological polar surface area (TPSA) is 81.5 Å². The van der Waals surface area contributed by atoms with Gasteiger partial charge in [-0.3, -0.25) is 0 Å². The van der Waals surface area contributed by atoms with Gasteiger partial charge < -0.3 is 21.3 Å². The maximum Gasteiger partial charge on any atom is 0.573 e. The molecule has 0 unspecified atom stereocenters. The number of hydrogen-bond donors (Lipinski definition) is 3.